The third-order valence-electron chi connectivity index (χ3n) is 0.812. The van der Waals surface area contributed by atoms with Crippen molar-refractivity contribution in [2.45, 2.75) is 0 Å². The number of hydrogen-bond donors (Lipinski definition) is 1. The average molecular weight is 147 g/mol. The second-order valence-electron chi connectivity index (χ2n) is 1.44. The fourth-order valence-corrected chi connectivity index (χ4v) is 1.39. The highest BCUT2D eigenvalue weighted by atomic mass is 35.5. The van der Waals surface area contributed by atoms with Gasteiger partial charge in [0.15, 0.2) is 0 Å². The van der Waals surface area contributed by atoms with Gasteiger partial charge in [0, 0.05) is 0 Å². The highest BCUT2D eigenvalue weighted by Gasteiger charge is 1.96. The van der Waals surface area contributed by atoms with Crippen LogP contribution in [0.15, 0.2) is 6.07 Å². The molecule has 1 aromatic heterocycles. The van der Waals surface area contributed by atoms with Gasteiger partial charge in [-0.05, 0) is 18.6 Å². The van der Waals surface area contributed by atoms with E-state index in [0.717, 1.165) is 5.56 Å². The molecule has 0 atom stereocenters. The van der Waals surface area contributed by atoms with Crippen molar-refractivity contribution < 1.29 is 0 Å². The Bertz CT molecular complexity index is 175. The van der Waals surface area contributed by atoms with Crippen molar-refractivity contribution in [1.82, 2.24) is 0 Å². The summed E-state index contributed by atoms with van der Waals surface area (Å²) < 4.78 is 0.701. The molecule has 0 aliphatic carbocycles. The van der Waals surface area contributed by atoms with Crippen LogP contribution in [0.1, 0.15) is 5.56 Å². The van der Waals surface area contributed by atoms with Gasteiger partial charge >= 0.3 is 0 Å². The molecule has 0 saturated heterocycles. The zero-order valence-corrected chi connectivity index (χ0v) is 5.72. The van der Waals surface area contributed by atoms with Crippen LogP contribution in [0.2, 0.25) is 4.34 Å². The Kier molecular flexibility index (Phi) is 1.45. The monoisotopic (exact) mass is 146 g/mol. The molecule has 1 rings (SSSR count). The van der Waals surface area contributed by atoms with Crippen LogP contribution in [0.25, 0.3) is 0 Å². The van der Waals surface area contributed by atoms with E-state index in [9.17, 15) is 0 Å². The van der Waals surface area contributed by atoms with Crippen LogP contribution < -0.4 is 5.73 Å². The number of hydrogen-bond acceptors (Lipinski definition) is 2. The van der Waals surface area contributed by atoms with Crippen molar-refractivity contribution in [2.75, 3.05) is 5.73 Å². The van der Waals surface area contributed by atoms with E-state index in [1.807, 2.05) is 0 Å². The van der Waals surface area contributed by atoms with E-state index >= 15 is 0 Å². The maximum absolute atomic E-state index is 5.56. The Labute approximate surface area is 57.1 Å². The standard InChI is InChI=1S/C5H5ClNS/c1-3-2-4(6)8-5(3)7/h2H,1,7H2. The smallest absolute Gasteiger partial charge is 0.0952 e. The van der Waals surface area contributed by atoms with Crippen LogP contribution in [0.3, 0.4) is 0 Å². The fraction of sp³-hybridized carbons (Fsp3) is 0. The predicted octanol–water partition coefficient (Wildman–Crippen LogP) is 2.17. The Morgan fingerprint density at radius 1 is 1.75 bits per heavy atom. The first-order valence-electron chi connectivity index (χ1n) is 2.07. The second-order valence-corrected chi connectivity index (χ2v) is 3.16. The molecule has 3 heteroatoms. The van der Waals surface area contributed by atoms with Crippen LogP contribution in [0, 0.1) is 6.92 Å². The molecule has 0 aliphatic rings. The van der Waals surface area contributed by atoms with E-state index in [-0.39, 0.29) is 0 Å². The highest BCUT2D eigenvalue weighted by molar-refractivity contribution is 7.19. The van der Waals surface area contributed by atoms with E-state index in [4.69, 9.17) is 17.3 Å². The SMILES string of the molecule is [CH2]c1cc(Cl)sc1N. The van der Waals surface area contributed by atoms with Crippen molar-refractivity contribution in [3.63, 3.8) is 0 Å². The van der Waals surface area contributed by atoms with E-state index in [2.05, 4.69) is 6.92 Å². The molecular formula is C5H5ClNS. The van der Waals surface area contributed by atoms with Crippen LogP contribution in [0.5, 0.6) is 0 Å². The Balaban J connectivity index is 3.14. The summed E-state index contributed by atoms with van der Waals surface area (Å²) in [5, 5.41) is 0.704. The minimum atomic E-state index is 0.701. The number of nitrogen functional groups attached to an aromatic ring is 1. The number of rotatable bonds is 0. The summed E-state index contributed by atoms with van der Waals surface area (Å²) in [4.78, 5) is 0. The van der Waals surface area contributed by atoms with Gasteiger partial charge in [-0.1, -0.05) is 11.6 Å². The minimum Gasteiger partial charge on any atom is -0.390 e. The topological polar surface area (TPSA) is 26.0 Å². The van der Waals surface area contributed by atoms with Crippen molar-refractivity contribution >= 4 is 27.9 Å². The summed E-state index contributed by atoms with van der Waals surface area (Å²) in [6.07, 6.45) is 0. The number of anilines is 1. The largest absolute Gasteiger partial charge is 0.390 e. The molecule has 0 amide bonds. The summed E-state index contributed by atoms with van der Waals surface area (Å²) in [5.74, 6) is 0. The third-order valence-corrected chi connectivity index (χ3v) is 1.95. The molecule has 1 aromatic rings. The van der Waals surface area contributed by atoms with E-state index in [1.165, 1.54) is 11.3 Å². The van der Waals surface area contributed by atoms with Crippen molar-refractivity contribution in [3.8, 4) is 0 Å². The van der Waals surface area contributed by atoms with Gasteiger partial charge in [-0.2, -0.15) is 0 Å². The summed E-state index contributed by atoms with van der Waals surface area (Å²) in [5.41, 5.74) is 6.23. The van der Waals surface area contributed by atoms with Gasteiger partial charge in [-0.15, -0.1) is 11.3 Å². The summed E-state index contributed by atoms with van der Waals surface area (Å²) >= 11 is 6.91. The number of thiophene rings is 1. The zero-order valence-electron chi connectivity index (χ0n) is 4.15. The lowest BCUT2D eigenvalue weighted by Crippen LogP contribution is -1.78. The van der Waals surface area contributed by atoms with Crippen LogP contribution in [-0.2, 0) is 0 Å². The fourth-order valence-electron chi connectivity index (χ4n) is 0.408. The van der Waals surface area contributed by atoms with E-state index in [1.54, 1.807) is 6.07 Å². The molecule has 0 aliphatic heterocycles. The Morgan fingerprint density at radius 2 is 2.38 bits per heavy atom. The molecule has 0 bridgehead atoms. The molecule has 8 heavy (non-hydrogen) atoms. The first kappa shape index (κ1) is 5.92. The lowest BCUT2D eigenvalue weighted by molar-refractivity contribution is 1.76. The summed E-state index contributed by atoms with van der Waals surface area (Å²) in [7, 11) is 0. The molecular weight excluding hydrogens is 142 g/mol. The molecule has 2 N–H and O–H groups in total. The maximum Gasteiger partial charge on any atom is 0.0952 e. The molecule has 0 aromatic carbocycles. The molecule has 1 radical (unpaired) electrons. The van der Waals surface area contributed by atoms with Crippen molar-refractivity contribution in [2.24, 2.45) is 0 Å². The normalized spacial score (nSPS) is 9.75. The summed E-state index contributed by atoms with van der Waals surface area (Å²) in [6, 6.07) is 1.75. The molecule has 0 saturated carbocycles. The van der Waals surface area contributed by atoms with Gasteiger partial charge in [0.1, 0.15) is 0 Å². The van der Waals surface area contributed by atoms with Gasteiger partial charge in [0.25, 0.3) is 0 Å². The van der Waals surface area contributed by atoms with Gasteiger partial charge in [-0.3, -0.25) is 0 Å². The van der Waals surface area contributed by atoms with Crippen molar-refractivity contribution in [3.05, 3.63) is 22.9 Å². The average Bonchev–Trinajstić information content (AvgIpc) is 1.85. The lowest BCUT2D eigenvalue weighted by Gasteiger charge is -1.80. The molecule has 1 heterocycles. The molecule has 0 unspecified atom stereocenters. The van der Waals surface area contributed by atoms with E-state index < -0.39 is 0 Å². The van der Waals surface area contributed by atoms with Gasteiger partial charge in [-0.25, -0.2) is 0 Å². The van der Waals surface area contributed by atoms with Gasteiger partial charge in [0.05, 0.1) is 9.34 Å². The molecule has 0 fully saturated rings. The predicted molar refractivity (Wildman–Crippen MR) is 38.2 cm³/mol. The van der Waals surface area contributed by atoms with E-state index in [0.29, 0.717) is 9.34 Å². The molecule has 43 valence electrons. The second kappa shape index (κ2) is 1.96. The zero-order chi connectivity index (χ0) is 6.15. The van der Waals surface area contributed by atoms with Crippen LogP contribution in [0.4, 0.5) is 5.00 Å². The van der Waals surface area contributed by atoms with Gasteiger partial charge < -0.3 is 5.73 Å². The Hall–Kier alpha value is -0.210. The highest BCUT2D eigenvalue weighted by Crippen LogP contribution is 2.27. The number of halogens is 1. The van der Waals surface area contributed by atoms with Gasteiger partial charge in [0.2, 0.25) is 0 Å². The molecule has 1 nitrogen and oxygen atoms in total. The quantitative estimate of drug-likeness (QED) is 0.597. The molecule has 0 spiro atoms. The number of nitrogens with two attached hydrogens (primary N) is 1. The minimum absolute atomic E-state index is 0.701. The van der Waals surface area contributed by atoms with Crippen molar-refractivity contribution in [1.29, 1.82) is 0 Å². The van der Waals surface area contributed by atoms with Crippen LogP contribution in [-0.4, -0.2) is 0 Å². The Morgan fingerprint density at radius 3 is 2.50 bits per heavy atom. The lowest BCUT2D eigenvalue weighted by atomic mass is 10.4. The third kappa shape index (κ3) is 0.956. The maximum atomic E-state index is 5.56. The first-order valence-corrected chi connectivity index (χ1v) is 3.26. The summed E-state index contributed by atoms with van der Waals surface area (Å²) in [6.45, 7) is 3.64. The van der Waals surface area contributed by atoms with Crippen LogP contribution >= 0.6 is 22.9 Å². The first-order chi connectivity index (χ1) is 3.70.